The molecule has 4 rings (SSSR count). The molecule has 1 aromatic carbocycles. The minimum atomic E-state index is -0.152. The first-order valence-corrected chi connectivity index (χ1v) is 11.2. The quantitative estimate of drug-likeness (QED) is 0.557. The Labute approximate surface area is 177 Å². The highest BCUT2D eigenvalue weighted by atomic mass is 32.1. The molecule has 2 heterocycles. The first-order valence-electron chi connectivity index (χ1n) is 9.52. The van der Waals surface area contributed by atoms with Crippen LogP contribution in [0.1, 0.15) is 43.4 Å². The number of carbonyl (C=O) groups is 2. The van der Waals surface area contributed by atoms with Crippen molar-refractivity contribution in [3.05, 3.63) is 75.4 Å². The molecular weight excluding hydrogens is 402 g/mol. The van der Waals surface area contributed by atoms with Gasteiger partial charge in [-0.05, 0) is 61.4 Å². The van der Waals surface area contributed by atoms with E-state index in [0.717, 1.165) is 30.1 Å². The maximum Gasteiger partial charge on any atom is 0.265 e. The maximum atomic E-state index is 13.1. The standard InChI is InChI=1S/C22H21N3O2S2/c1-2-13-25(22-24-17-6-3-4-7-18(17)29-22)21(27)15-9-11-16(12-10-15)23-20(26)19-8-5-14-28-19/h2,5,8-12,14H,1,3-4,6-7,13H2,(H,23,26). The molecule has 148 valence electrons. The van der Waals surface area contributed by atoms with E-state index >= 15 is 0 Å². The summed E-state index contributed by atoms with van der Waals surface area (Å²) in [4.78, 5) is 33.6. The second kappa shape index (κ2) is 8.71. The van der Waals surface area contributed by atoms with E-state index in [-0.39, 0.29) is 11.8 Å². The first kappa shape index (κ1) is 19.5. The monoisotopic (exact) mass is 423 g/mol. The summed E-state index contributed by atoms with van der Waals surface area (Å²) in [6.45, 7) is 4.20. The molecule has 0 radical (unpaired) electrons. The van der Waals surface area contributed by atoms with Gasteiger partial charge in [0.05, 0.1) is 10.6 Å². The van der Waals surface area contributed by atoms with Crippen LogP contribution in [0.15, 0.2) is 54.4 Å². The molecule has 0 atom stereocenters. The average molecular weight is 424 g/mol. The number of carbonyl (C=O) groups excluding carboxylic acids is 2. The van der Waals surface area contributed by atoms with Crippen LogP contribution in [-0.2, 0) is 12.8 Å². The van der Waals surface area contributed by atoms with Gasteiger partial charge in [0.1, 0.15) is 0 Å². The number of hydrogen-bond donors (Lipinski definition) is 1. The van der Waals surface area contributed by atoms with E-state index in [0.29, 0.717) is 22.7 Å². The Morgan fingerprint density at radius 2 is 1.97 bits per heavy atom. The molecule has 0 fully saturated rings. The molecule has 5 nitrogen and oxygen atoms in total. The van der Waals surface area contributed by atoms with E-state index < -0.39 is 0 Å². The minimum absolute atomic E-state index is 0.118. The molecule has 0 saturated carbocycles. The lowest BCUT2D eigenvalue weighted by Crippen LogP contribution is -2.31. The highest BCUT2D eigenvalue weighted by Gasteiger charge is 2.23. The average Bonchev–Trinajstić information content (AvgIpc) is 3.42. The number of anilines is 2. The van der Waals surface area contributed by atoms with E-state index in [9.17, 15) is 9.59 Å². The second-order valence-electron chi connectivity index (χ2n) is 6.79. The number of fused-ring (bicyclic) bond motifs is 1. The number of thiophene rings is 1. The smallest absolute Gasteiger partial charge is 0.265 e. The van der Waals surface area contributed by atoms with Crippen LogP contribution >= 0.6 is 22.7 Å². The molecule has 0 aliphatic heterocycles. The molecule has 1 aliphatic rings. The number of hydrogen-bond acceptors (Lipinski definition) is 5. The number of rotatable bonds is 6. The Kier molecular flexibility index (Phi) is 5.87. The minimum Gasteiger partial charge on any atom is -0.321 e. The molecule has 2 amide bonds. The number of amides is 2. The molecule has 1 N–H and O–H groups in total. The van der Waals surface area contributed by atoms with E-state index in [4.69, 9.17) is 4.98 Å². The predicted octanol–water partition coefficient (Wildman–Crippen LogP) is 5.17. The van der Waals surface area contributed by atoms with Gasteiger partial charge in [-0.1, -0.05) is 12.1 Å². The van der Waals surface area contributed by atoms with Gasteiger partial charge in [0.15, 0.2) is 5.13 Å². The molecule has 0 bridgehead atoms. The molecule has 29 heavy (non-hydrogen) atoms. The van der Waals surface area contributed by atoms with Gasteiger partial charge in [-0.3, -0.25) is 14.5 Å². The Morgan fingerprint density at radius 1 is 1.17 bits per heavy atom. The molecule has 0 spiro atoms. The summed E-state index contributed by atoms with van der Waals surface area (Å²) in [7, 11) is 0. The largest absolute Gasteiger partial charge is 0.321 e. The van der Waals surface area contributed by atoms with E-state index in [1.807, 2.05) is 11.4 Å². The lowest BCUT2D eigenvalue weighted by Gasteiger charge is -2.18. The van der Waals surface area contributed by atoms with E-state index in [1.54, 1.807) is 52.6 Å². The zero-order valence-corrected chi connectivity index (χ0v) is 17.5. The number of thiazole rings is 1. The Balaban J connectivity index is 1.51. The fourth-order valence-electron chi connectivity index (χ4n) is 3.28. The summed E-state index contributed by atoms with van der Waals surface area (Å²) in [5.41, 5.74) is 2.33. The maximum absolute atomic E-state index is 13.1. The van der Waals surface area contributed by atoms with Gasteiger partial charge in [0, 0.05) is 22.7 Å². The van der Waals surface area contributed by atoms with E-state index in [2.05, 4.69) is 11.9 Å². The zero-order valence-electron chi connectivity index (χ0n) is 15.9. The lowest BCUT2D eigenvalue weighted by molar-refractivity contribution is 0.0988. The van der Waals surface area contributed by atoms with Crippen LogP contribution in [0.4, 0.5) is 10.8 Å². The third-order valence-corrected chi connectivity index (χ3v) is 6.81. The summed E-state index contributed by atoms with van der Waals surface area (Å²) in [5, 5.41) is 5.45. The van der Waals surface area contributed by atoms with Gasteiger partial charge in [-0.25, -0.2) is 4.98 Å². The van der Waals surface area contributed by atoms with Crippen LogP contribution in [-0.4, -0.2) is 23.3 Å². The molecule has 3 aromatic rings. The van der Waals surface area contributed by atoms with Crippen LogP contribution in [0, 0.1) is 0 Å². The highest BCUT2D eigenvalue weighted by Crippen LogP contribution is 2.32. The topological polar surface area (TPSA) is 62.3 Å². The van der Waals surface area contributed by atoms with Gasteiger partial charge in [0.2, 0.25) is 0 Å². The van der Waals surface area contributed by atoms with Crippen LogP contribution in [0.25, 0.3) is 0 Å². The third-order valence-electron chi connectivity index (χ3n) is 4.76. The van der Waals surface area contributed by atoms with Crippen molar-refractivity contribution in [2.45, 2.75) is 25.7 Å². The van der Waals surface area contributed by atoms with Crippen molar-refractivity contribution in [2.24, 2.45) is 0 Å². The lowest BCUT2D eigenvalue weighted by atomic mass is 10.0. The number of aromatic nitrogens is 1. The van der Waals surface area contributed by atoms with Gasteiger partial charge in [-0.15, -0.1) is 29.3 Å². The van der Waals surface area contributed by atoms with Crippen molar-refractivity contribution in [2.75, 3.05) is 16.8 Å². The molecule has 0 saturated heterocycles. The normalized spacial score (nSPS) is 12.8. The van der Waals surface area contributed by atoms with Gasteiger partial charge < -0.3 is 5.32 Å². The van der Waals surface area contributed by atoms with Crippen molar-refractivity contribution in [1.82, 2.24) is 4.98 Å². The third kappa shape index (κ3) is 4.31. The molecular formula is C22H21N3O2S2. The van der Waals surface area contributed by atoms with Crippen LogP contribution in [0.3, 0.4) is 0 Å². The fraction of sp³-hybridized carbons (Fsp3) is 0.227. The van der Waals surface area contributed by atoms with Crippen molar-refractivity contribution in [3.8, 4) is 0 Å². The zero-order chi connectivity index (χ0) is 20.2. The molecule has 1 aliphatic carbocycles. The number of benzene rings is 1. The molecule has 2 aromatic heterocycles. The second-order valence-corrected chi connectivity index (χ2v) is 8.80. The summed E-state index contributed by atoms with van der Waals surface area (Å²) in [6, 6.07) is 10.6. The highest BCUT2D eigenvalue weighted by molar-refractivity contribution is 7.16. The number of aryl methyl sites for hydroxylation is 2. The number of nitrogens with zero attached hydrogens (tertiary/aromatic N) is 2. The fourth-order valence-corrected chi connectivity index (χ4v) is 5.06. The Hall–Kier alpha value is -2.77. The summed E-state index contributed by atoms with van der Waals surface area (Å²) >= 11 is 3.00. The van der Waals surface area contributed by atoms with Crippen molar-refractivity contribution in [3.63, 3.8) is 0 Å². The van der Waals surface area contributed by atoms with Crippen LogP contribution in [0.5, 0.6) is 0 Å². The summed E-state index contributed by atoms with van der Waals surface area (Å²) < 4.78 is 0. The van der Waals surface area contributed by atoms with Crippen molar-refractivity contribution < 1.29 is 9.59 Å². The Bertz CT molecular complexity index is 1000. The van der Waals surface area contributed by atoms with Crippen molar-refractivity contribution in [1.29, 1.82) is 0 Å². The van der Waals surface area contributed by atoms with Gasteiger partial charge in [0.25, 0.3) is 11.8 Å². The first-order chi connectivity index (χ1) is 14.2. The predicted molar refractivity (Wildman–Crippen MR) is 119 cm³/mol. The van der Waals surface area contributed by atoms with Gasteiger partial charge in [-0.2, -0.15) is 0 Å². The summed E-state index contributed by atoms with van der Waals surface area (Å²) in [6.07, 6.45) is 6.09. The number of nitrogens with one attached hydrogen (secondary N) is 1. The Morgan fingerprint density at radius 3 is 2.66 bits per heavy atom. The van der Waals surface area contributed by atoms with Crippen LogP contribution < -0.4 is 10.2 Å². The SMILES string of the molecule is C=CCN(C(=O)c1ccc(NC(=O)c2cccs2)cc1)c1nc2c(s1)CCCC2. The van der Waals surface area contributed by atoms with Crippen LogP contribution in [0.2, 0.25) is 0 Å². The van der Waals surface area contributed by atoms with Crippen molar-refractivity contribution >= 4 is 45.3 Å². The summed E-state index contributed by atoms with van der Waals surface area (Å²) in [5.74, 6) is -0.271. The molecule has 7 heteroatoms. The molecule has 0 unspecified atom stereocenters. The van der Waals surface area contributed by atoms with Gasteiger partial charge >= 0.3 is 0 Å². The van der Waals surface area contributed by atoms with E-state index in [1.165, 1.54) is 22.6 Å².